The number of rotatable bonds is 6. The first-order valence-electron chi connectivity index (χ1n) is 6.93. The SMILES string of the molecule is COC1CCN(CCC(C)(C#N)NC(C)C)CC1. The molecule has 1 N–H and O–H groups in total. The monoisotopic (exact) mass is 253 g/mol. The molecule has 1 atom stereocenters. The second-order valence-electron chi connectivity index (χ2n) is 5.77. The quantitative estimate of drug-likeness (QED) is 0.783. The van der Waals surface area contributed by atoms with Gasteiger partial charge in [-0.15, -0.1) is 0 Å². The van der Waals surface area contributed by atoms with Crippen molar-refractivity contribution in [1.82, 2.24) is 10.2 Å². The lowest BCUT2D eigenvalue weighted by atomic mass is 9.97. The Labute approximate surface area is 111 Å². The highest BCUT2D eigenvalue weighted by Gasteiger charge is 2.26. The number of ether oxygens (including phenoxy) is 1. The van der Waals surface area contributed by atoms with Crippen molar-refractivity contribution in [2.24, 2.45) is 0 Å². The predicted molar refractivity (Wildman–Crippen MR) is 73.4 cm³/mol. The molecule has 0 aromatic carbocycles. The van der Waals surface area contributed by atoms with Crippen molar-refractivity contribution in [3.63, 3.8) is 0 Å². The van der Waals surface area contributed by atoms with Gasteiger partial charge in [-0.05, 0) is 40.0 Å². The summed E-state index contributed by atoms with van der Waals surface area (Å²) in [6.45, 7) is 9.32. The Balaban J connectivity index is 2.34. The molecule has 18 heavy (non-hydrogen) atoms. The summed E-state index contributed by atoms with van der Waals surface area (Å²) in [6, 6.07) is 2.75. The molecule has 0 bridgehead atoms. The first-order valence-corrected chi connectivity index (χ1v) is 6.93. The molecule has 4 heteroatoms. The van der Waals surface area contributed by atoms with Gasteiger partial charge in [0.2, 0.25) is 0 Å². The van der Waals surface area contributed by atoms with Crippen molar-refractivity contribution < 1.29 is 4.74 Å². The summed E-state index contributed by atoms with van der Waals surface area (Å²) in [5, 5.41) is 12.6. The maximum Gasteiger partial charge on any atom is 0.105 e. The topological polar surface area (TPSA) is 48.3 Å². The van der Waals surface area contributed by atoms with E-state index in [-0.39, 0.29) is 0 Å². The molecule has 1 aliphatic heterocycles. The van der Waals surface area contributed by atoms with Crippen molar-refractivity contribution in [3.05, 3.63) is 0 Å². The van der Waals surface area contributed by atoms with Gasteiger partial charge in [-0.1, -0.05) is 0 Å². The minimum Gasteiger partial charge on any atom is -0.381 e. The molecule has 0 spiro atoms. The van der Waals surface area contributed by atoms with Crippen LogP contribution in [0.3, 0.4) is 0 Å². The zero-order valence-electron chi connectivity index (χ0n) is 12.2. The third kappa shape index (κ3) is 4.93. The highest BCUT2D eigenvalue weighted by Crippen LogP contribution is 2.16. The lowest BCUT2D eigenvalue weighted by molar-refractivity contribution is 0.0394. The lowest BCUT2D eigenvalue weighted by Crippen LogP contribution is -2.48. The van der Waals surface area contributed by atoms with Crippen LogP contribution in [0.2, 0.25) is 0 Å². The van der Waals surface area contributed by atoms with Gasteiger partial charge in [0.05, 0.1) is 12.2 Å². The summed E-state index contributed by atoms with van der Waals surface area (Å²) in [5.74, 6) is 0. The molecule has 1 fully saturated rings. The maximum absolute atomic E-state index is 9.29. The van der Waals surface area contributed by atoms with Crippen LogP contribution in [0.1, 0.15) is 40.0 Å². The van der Waals surface area contributed by atoms with E-state index in [1.807, 2.05) is 6.92 Å². The van der Waals surface area contributed by atoms with Gasteiger partial charge in [-0.3, -0.25) is 5.32 Å². The standard InChI is InChI=1S/C14H27N3O/c1-12(2)16-14(3,11-15)7-10-17-8-5-13(18-4)6-9-17/h12-13,16H,5-10H2,1-4H3. The molecule has 0 saturated carbocycles. The van der Waals surface area contributed by atoms with Crippen LogP contribution in [-0.2, 0) is 4.74 Å². The first-order chi connectivity index (χ1) is 8.49. The van der Waals surface area contributed by atoms with E-state index in [1.54, 1.807) is 7.11 Å². The fraction of sp³-hybridized carbons (Fsp3) is 0.929. The van der Waals surface area contributed by atoms with E-state index in [1.165, 1.54) is 0 Å². The molecular formula is C14H27N3O. The Kier molecular flexibility index (Phi) is 6.07. The average Bonchev–Trinajstić information content (AvgIpc) is 2.36. The number of hydrogen-bond donors (Lipinski definition) is 1. The zero-order valence-corrected chi connectivity index (χ0v) is 12.2. The van der Waals surface area contributed by atoms with Gasteiger partial charge < -0.3 is 9.64 Å². The minimum atomic E-state index is -0.410. The van der Waals surface area contributed by atoms with E-state index in [9.17, 15) is 5.26 Å². The summed E-state index contributed by atoms with van der Waals surface area (Å²) in [6.07, 6.45) is 3.52. The first kappa shape index (κ1) is 15.4. The number of methoxy groups -OCH3 is 1. The van der Waals surface area contributed by atoms with E-state index in [0.717, 1.165) is 38.9 Å². The van der Waals surface area contributed by atoms with Crippen molar-refractivity contribution in [3.8, 4) is 6.07 Å². The minimum absolute atomic E-state index is 0.342. The van der Waals surface area contributed by atoms with Crippen LogP contribution < -0.4 is 5.32 Å². The van der Waals surface area contributed by atoms with Crippen LogP contribution in [0.5, 0.6) is 0 Å². The molecule has 0 aliphatic carbocycles. The van der Waals surface area contributed by atoms with Crippen LogP contribution in [-0.4, -0.2) is 49.3 Å². The third-order valence-electron chi connectivity index (χ3n) is 3.65. The Hall–Kier alpha value is -0.630. The lowest BCUT2D eigenvalue weighted by Gasteiger charge is -2.34. The van der Waals surface area contributed by atoms with Gasteiger partial charge in [-0.2, -0.15) is 5.26 Å². The smallest absolute Gasteiger partial charge is 0.105 e. The highest BCUT2D eigenvalue weighted by atomic mass is 16.5. The molecule has 1 aliphatic rings. The van der Waals surface area contributed by atoms with Gasteiger partial charge >= 0.3 is 0 Å². The largest absolute Gasteiger partial charge is 0.381 e. The number of nitrogens with one attached hydrogen (secondary N) is 1. The number of hydrogen-bond acceptors (Lipinski definition) is 4. The molecular weight excluding hydrogens is 226 g/mol. The van der Waals surface area contributed by atoms with Crippen molar-refractivity contribution in [2.75, 3.05) is 26.7 Å². The summed E-state index contributed by atoms with van der Waals surface area (Å²) in [4.78, 5) is 2.44. The van der Waals surface area contributed by atoms with E-state index in [2.05, 4.69) is 30.1 Å². The molecule has 0 aromatic rings. The van der Waals surface area contributed by atoms with Gasteiger partial charge in [-0.25, -0.2) is 0 Å². The number of piperidine rings is 1. The van der Waals surface area contributed by atoms with E-state index in [4.69, 9.17) is 4.74 Å². The average molecular weight is 253 g/mol. The summed E-state index contributed by atoms with van der Waals surface area (Å²) in [5.41, 5.74) is -0.410. The molecule has 1 rings (SSSR count). The Bertz CT molecular complexity index is 279. The Morgan fingerprint density at radius 1 is 1.44 bits per heavy atom. The normalized spacial score (nSPS) is 21.8. The van der Waals surface area contributed by atoms with Gasteiger partial charge in [0, 0.05) is 32.8 Å². The molecule has 1 heterocycles. The molecule has 1 saturated heterocycles. The number of nitrogens with zero attached hydrogens (tertiary/aromatic N) is 2. The van der Waals surface area contributed by atoms with Crippen LogP contribution in [0.25, 0.3) is 0 Å². The third-order valence-corrected chi connectivity index (χ3v) is 3.65. The molecule has 0 radical (unpaired) electrons. The summed E-state index contributed by atoms with van der Waals surface area (Å²) >= 11 is 0. The van der Waals surface area contributed by atoms with Crippen LogP contribution >= 0.6 is 0 Å². The maximum atomic E-state index is 9.29. The van der Waals surface area contributed by atoms with E-state index >= 15 is 0 Å². The van der Waals surface area contributed by atoms with Gasteiger partial charge in [0.15, 0.2) is 0 Å². The Morgan fingerprint density at radius 3 is 2.50 bits per heavy atom. The van der Waals surface area contributed by atoms with Crippen molar-refractivity contribution >= 4 is 0 Å². The zero-order chi connectivity index (χ0) is 13.6. The summed E-state index contributed by atoms with van der Waals surface area (Å²) < 4.78 is 5.37. The number of likely N-dealkylation sites (tertiary alicyclic amines) is 1. The molecule has 0 aromatic heterocycles. The van der Waals surface area contributed by atoms with E-state index < -0.39 is 5.54 Å². The van der Waals surface area contributed by atoms with Gasteiger partial charge in [0.25, 0.3) is 0 Å². The van der Waals surface area contributed by atoms with E-state index in [0.29, 0.717) is 12.1 Å². The Morgan fingerprint density at radius 2 is 2.06 bits per heavy atom. The van der Waals surface area contributed by atoms with Crippen LogP contribution in [0.15, 0.2) is 0 Å². The van der Waals surface area contributed by atoms with Gasteiger partial charge in [0.1, 0.15) is 5.54 Å². The highest BCUT2D eigenvalue weighted by molar-refractivity contribution is 5.04. The molecule has 0 amide bonds. The molecule has 104 valence electrons. The second-order valence-corrected chi connectivity index (χ2v) is 5.77. The fourth-order valence-electron chi connectivity index (χ4n) is 2.55. The van der Waals surface area contributed by atoms with Crippen LogP contribution in [0, 0.1) is 11.3 Å². The van der Waals surface area contributed by atoms with Crippen molar-refractivity contribution in [1.29, 1.82) is 5.26 Å². The summed E-state index contributed by atoms with van der Waals surface area (Å²) in [7, 11) is 1.79. The van der Waals surface area contributed by atoms with Crippen LogP contribution in [0.4, 0.5) is 0 Å². The second kappa shape index (κ2) is 7.08. The number of nitriles is 1. The molecule has 1 unspecified atom stereocenters. The van der Waals surface area contributed by atoms with Crippen molar-refractivity contribution in [2.45, 2.75) is 57.7 Å². The fourth-order valence-corrected chi connectivity index (χ4v) is 2.55. The predicted octanol–water partition coefficient (Wildman–Crippen LogP) is 1.77. The molecule has 4 nitrogen and oxygen atoms in total.